The normalized spacial score (nSPS) is 18.3. The Hall–Kier alpha value is -2.39. The minimum absolute atomic E-state index is 0.0639. The van der Waals surface area contributed by atoms with Crippen molar-refractivity contribution in [3.05, 3.63) is 36.3 Å². The molecule has 0 bridgehead atoms. The van der Waals surface area contributed by atoms with E-state index in [9.17, 15) is 8.42 Å². The van der Waals surface area contributed by atoms with E-state index in [1.54, 1.807) is 31.3 Å². The van der Waals surface area contributed by atoms with Crippen LogP contribution in [-0.2, 0) is 10.0 Å². The van der Waals surface area contributed by atoms with Gasteiger partial charge in [-0.2, -0.15) is 9.29 Å². The number of aryl methyl sites for hydroxylation is 1. The lowest BCUT2D eigenvalue weighted by molar-refractivity contribution is 0.129. The maximum atomic E-state index is 13.0. The maximum Gasteiger partial charge on any atom is 0.243 e. The Morgan fingerprint density at radius 2 is 1.85 bits per heavy atom. The zero-order valence-corrected chi connectivity index (χ0v) is 15.8. The highest BCUT2D eigenvalue weighted by molar-refractivity contribution is 7.89. The molecular formula is C18H21N3O5S. The second kappa shape index (κ2) is 7.32. The van der Waals surface area contributed by atoms with Gasteiger partial charge in [-0.25, -0.2) is 13.4 Å². The lowest BCUT2D eigenvalue weighted by Crippen LogP contribution is -2.41. The standard InChI is InChI=1S/C18H21N3O5S/c1-13-19-7-4-18(20-13)26-14-5-8-21(9-6-14)27(22,23)15-2-3-16-17(12-15)25-11-10-24-16/h2-4,7,12,14H,5-6,8-11H2,1H3. The first-order valence-electron chi connectivity index (χ1n) is 8.88. The van der Waals surface area contributed by atoms with Gasteiger partial charge in [0.05, 0.1) is 4.90 Å². The van der Waals surface area contributed by atoms with Crippen molar-refractivity contribution in [2.75, 3.05) is 26.3 Å². The van der Waals surface area contributed by atoms with Gasteiger partial charge in [-0.3, -0.25) is 0 Å². The fourth-order valence-corrected chi connectivity index (χ4v) is 4.68. The van der Waals surface area contributed by atoms with E-state index in [1.807, 2.05) is 0 Å². The SMILES string of the molecule is Cc1nccc(OC2CCN(S(=O)(=O)c3ccc4c(c3)OCCO4)CC2)n1. The molecule has 2 aliphatic rings. The predicted octanol–water partition coefficient (Wildman–Crippen LogP) is 1.79. The number of hydrogen-bond donors (Lipinski definition) is 0. The smallest absolute Gasteiger partial charge is 0.243 e. The van der Waals surface area contributed by atoms with Crippen molar-refractivity contribution in [2.24, 2.45) is 0 Å². The third-order valence-electron chi connectivity index (χ3n) is 4.59. The zero-order chi connectivity index (χ0) is 18.9. The van der Waals surface area contributed by atoms with Gasteiger partial charge < -0.3 is 14.2 Å². The summed E-state index contributed by atoms with van der Waals surface area (Å²) in [6.45, 7) is 3.48. The first kappa shape index (κ1) is 18.0. The number of ether oxygens (including phenoxy) is 3. The van der Waals surface area contributed by atoms with E-state index in [-0.39, 0.29) is 11.0 Å². The number of aromatic nitrogens is 2. The van der Waals surface area contributed by atoms with Crippen LogP contribution in [0.4, 0.5) is 0 Å². The number of piperidine rings is 1. The highest BCUT2D eigenvalue weighted by Crippen LogP contribution is 2.33. The quantitative estimate of drug-likeness (QED) is 0.785. The second-order valence-corrected chi connectivity index (χ2v) is 8.41. The van der Waals surface area contributed by atoms with E-state index in [2.05, 4.69) is 9.97 Å². The first-order valence-corrected chi connectivity index (χ1v) is 10.3. The predicted molar refractivity (Wildman–Crippen MR) is 96.6 cm³/mol. The molecule has 144 valence electrons. The minimum atomic E-state index is -3.58. The van der Waals surface area contributed by atoms with Gasteiger partial charge in [-0.05, 0) is 31.9 Å². The Kier molecular flexibility index (Phi) is 4.88. The molecule has 2 aliphatic heterocycles. The topological polar surface area (TPSA) is 90.9 Å². The molecule has 0 saturated carbocycles. The summed E-state index contributed by atoms with van der Waals surface area (Å²) in [5.41, 5.74) is 0. The molecule has 9 heteroatoms. The summed E-state index contributed by atoms with van der Waals surface area (Å²) in [5.74, 6) is 2.22. The lowest BCUT2D eigenvalue weighted by atomic mass is 10.1. The molecule has 8 nitrogen and oxygen atoms in total. The van der Waals surface area contributed by atoms with Crippen molar-refractivity contribution in [2.45, 2.75) is 30.8 Å². The van der Waals surface area contributed by atoms with E-state index < -0.39 is 10.0 Å². The van der Waals surface area contributed by atoms with Gasteiger partial charge in [0.15, 0.2) is 11.5 Å². The van der Waals surface area contributed by atoms with E-state index in [4.69, 9.17) is 14.2 Å². The van der Waals surface area contributed by atoms with Gasteiger partial charge >= 0.3 is 0 Å². The summed E-state index contributed by atoms with van der Waals surface area (Å²) < 4.78 is 44.2. The van der Waals surface area contributed by atoms with Crippen LogP contribution >= 0.6 is 0 Å². The Morgan fingerprint density at radius 3 is 2.59 bits per heavy atom. The van der Waals surface area contributed by atoms with Crippen LogP contribution in [0.3, 0.4) is 0 Å². The summed E-state index contributed by atoms with van der Waals surface area (Å²) in [7, 11) is -3.58. The molecule has 0 aliphatic carbocycles. The molecule has 27 heavy (non-hydrogen) atoms. The van der Waals surface area contributed by atoms with Gasteiger partial charge in [0.25, 0.3) is 0 Å². The number of hydrogen-bond acceptors (Lipinski definition) is 7. The molecule has 1 aromatic carbocycles. The minimum Gasteiger partial charge on any atom is -0.486 e. The van der Waals surface area contributed by atoms with Crippen LogP contribution in [0.15, 0.2) is 35.4 Å². The highest BCUT2D eigenvalue weighted by atomic mass is 32.2. The third-order valence-corrected chi connectivity index (χ3v) is 6.48. The average Bonchev–Trinajstić information content (AvgIpc) is 2.68. The summed E-state index contributed by atoms with van der Waals surface area (Å²) in [6.07, 6.45) is 2.80. The van der Waals surface area contributed by atoms with Crippen molar-refractivity contribution in [3.63, 3.8) is 0 Å². The van der Waals surface area contributed by atoms with Gasteiger partial charge in [-0.15, -0.1) is 0 Å². The van der Waals surface area contributed by atoms with E-state index in [0.717, 1.165) is 0 Å². The van der Waals surface area contributed by atoms with Crippen LogP contribution in [0, 0.1) is 6.92 Å². The van der Waals surface area contributed by atoms with Crippen molar-refractivity contribution in [1.29, 1.82) is 0 Å². The molecule has 1 fully saturated rings. The number of rotatable bonds is 4. The first-order chi connectivity index (χ1) is 13.0. The lowest BCUT2D eigenvalue weighted by Gasteiger charge is -2.31. The van der Waals surface area contributed by atoms with Gasteiger partial charge in [-0.1, -0.05) is 0 Å². The summed E-state index contributed by atoms with van der Waals surface area (Å²) in [4.78, 5) is 8.50. The molecule has 0 unspecified atom stereocenters. The van der Waals surface area contributed by atoms with Crippen LogP contribution in [0.1, 0.15) is 18.7 Å². The molecular weight excluding hydrogens is 370 g/mol. The number of benzene rings is 1. The van der Waals surface area contributed by atoms with Crippen molar-refractivity contribution < 1.29 is 22.6 Å². The number of fused-ring (bicyclic) bond motifs is 1. The molecule has 3 heterocycles. The largest absolute Gasteiger partial charge is 0.486 e. The molecule has 2 aromatic rings. The summed E-state index contributed by atoms with van der Waals surface area (Å²) >= 11 is 0. The molecule has 0 radical (unpaired) electrons. The van der Waals surface area contributed by atoms with Gasteiger partial charge in [0.1, 0.15) is 25.1 Å². The van der Waals surface area contributed by atoms with E-state index in [0.29, 0.717) is 62.3 Å². The van der Waals surface area contributed by atoms with Crippen LogP contribution in [0.2, 0.25) is 0 Å². The van der Waals surface area contributed by atoms with Gasteiger partial charge in [0.2, 0.25) is 15.9 Å². The summed E-state index contributed by atoms with van der Waals surface area (Å²) in [6, 6.07) is 6.46. The second-order valence-electron chi connectivity index (χ2n) is 6.47. The molecule has 0 atom stereocenters. The number of nitrogens with zero attached hydrogens (tertiary/aromatic N) is 3. The van der Waals surface area contributed by atoms with Crippen molar-refractivity contribution >= 4 is 10.0 Å². The number of sulfonamides is 1. The van der Waals surface area contributed by atoms with Crippen molar-refractivity contribution in [1.82, 2.24) is 14.3 Å². The van der Waals surface area contributed by atoms with Crippen molar-refractivity contribution in [3.8, 4) is 17.4 Å². The third kappa shape index (κ3) is 3.84. The molecule has 1 aromatic heterocycles. The van der Waals surface area contributed by atoms with Crippen LogP contribution in [-0.4, -0.2) is 55.1 Å². The molecule has 0 amide bonds. The average molecular weight is 391 g/mol. The maximum absolute atomic E-state index is 13.0. The molecule has 1 saturated heterocycles. The highest BCUT2D eigenvalue weighted by Gasteiger charge is 2.31. The zero-order valence-electron chi connectivity index (χ0n) is 15.0. The van der Waals surface area contributed by atoms with Gasteiger partial charge in [0, 0.05) is 31.4 Å². The Bertz CT molecular complexity index is 926. The monoisotopic (exact) mass is 391 g/mol. The molecule has 0 N–H and O–H groups in total. The fourth-order valence-electron chi connectivity index (χ4n) is 3.19. The van der Waals surface area contributed by atoms with E-state index >= 15 is 0 Å². The Morgan fingerprint density at radius 1 is 1.11 bits per heavy atom. The fraction of sp³-hybridized carbons (Fsp3) is 0.444. The van der Waals surface area contributed by atoms with Crippen LogP contribution in [0.5, 0.6) is 17.4 Å². The summed E-state index contributed by atoms with van der Waals surface area (Å²) in [5, 5.41) is 0. The van der Waals surface area contributed by atoms with Crippen LogP contribution < -0.4 is 14.2 Å². The Balaban J connectivity index is 1.42. The van der Waals surface area contributed by atoms with E-state index in [1.165, 1.54) is 10.4 Å². The molecule has 4 rings (SSSR count). The molecule has 0 spiro atoms. The Labute approximate surface area is 158 Å². The van der Waals surface area contributed by atoms with Crippen LogP contribution in [0.25, 0.3) is 0 Å².